The van der Waals surface area contributed by atoms with E-state index < -0.39 is 0 Å². The highest BCUT2D eigenvalue weighted by atomic mass is 16.2. The highest BCUT2D eigenvalue weighted by Crippen LogP contribution is 2.19. The minimum atomic E-state index is -0.0488. The van der Waals surface area contributed by atoms with Gasteiger partial charge in [0.15, 0.2) is 0 Å². The first kappa shape index (κ1) is 16.4. The van der Waals surface area contributed by atoms with Crippen LogP contribution in [0.25, 0.3) is 0 Å². The normalized spacial score (nSPS) is 18.3. The molecule has 0 bridgehead atoms. The summed E-state index contributed by atoms with van der Waals surface area (Å²) in [6, 6.07) is 9.09. The summed E-state index contributed by atoms with van der Waals surface area (Å²) >= 11 is 0. The molecule has 1 fully saturated rings. The van der Waals surface area contributed by atoms with Crippen LogP contribution in [-0.2, 0) is 18.4 Å². The zero-order valence-electron chi connectivity index (χ0n) is 13.8. The number of amides is 1. The van der Waals surface area contributed by atoms with Gasteiger partial charge in [0.05, 0.1) is 5.92 Å². The van der Waals surface area contributed by atoms with E-state index in [1.807, 2.05) is 18.2 Å². The Morgan fingerprint density at radius 2 is 2.25 bits per heavy atom. The van der Waals surface area contributed by atoms with Crippen molar-refractivity contribution in [3.05, 3.63) is 58.6 Å². The Bertz CT molecular complexity index is 757. The van der Waals surface area contributed by atoms with Crippen molar-refractivity contribution in [2.75, 3.05) is 18.4 Å². The molecule has 126 valence electrons. The lowest BCUT2D eigenvalue weighted by Crippen LogP contribution is -2.40. The predicted molar refractivity (Wildman–Crippen MR) is 92.6 cm³/mol. The molecular weight excluding hydrogens is 304 g/mol. The van der Waals surface area contributed by atoms with Crippen LogP contribution in [0.2, 0.25) is 0 Å². The van der Waals surface area contributed by atoms with Crippen molar-refractivity contribution in [1.82, 2.24) is 14.5 Å². The molecule has 1 N–H and O–H groups in total. The Kier molecular flexibility index (Phi) is 5.05. The average molecular weight is 326 g/mol. The van der Waals surface area contributed by atoms with Crippen LogP contribution in [0.3, 0.4) is 0 Å². The van der Waals surface area contributed by atoms with Gasteiger partial charge in [-0.3, -0.25) is 14.5 Å². The van der Waals surface area contributed by atoms with Gasteiger partial charge in [-0.2, -0.15) is 0 Å². The maximum atomic E-state index is 12.4. The SMILES string of the molecule is Cn1ccc(CN2CCC[C@@H](C(=O)Nc3ccccn3)C2)cc1=O. The van der Waals surface area contributed by atoms with Gasteiger partial charge in [0, 0.05) is 38.6 Å². The Balaban J connectivity index is 1.60. The lowest BCUT2D eigenvalue weighted by Gasteiger charge is -2.31. The Labute approximate surface area is 141 Å². The van der Waals surface area contributed by atoms with Gasteiger partial charge in [0.25, 0.3) is 5.56 Å². The summed E-state index contributed by atoms with van der Waals surface area (Å²) in [5.74, 6) is 0.556. The minimum Gasteiger partial charge on any atom is -0.319 e. The number of nitrogens with one attached hydrogen (secondary N) is 1. The molecule has 1 amide bonds. The largest absolute Gasteiger partial charge is 0.319 e. The van der Waals surface area contributed by atoms with E-state index in [9.17, 15) is 9.59 Å². The highest BCUT2D eigenvalue weighted by Gasteiger charge is 2.26. The highest BCUT2D eigenvalue weighted by molar-refractivity contribution is 5.91. The first-order chi connectivity index (χ1) is 11.6. The number of anilines is 1. The number of pyridine rings is 2. The molecule has 1 aliphatic heterocycles. The van der Waals surface area contributed by atoms with Crippen LogP contribution in [0.4, 0.5) is 5.82 Å². The summed E-state index contributed by atoms with van der Waals surface area (Å²) in [6.45, 7) is 2.35. The summed E-state index contributed by atoms with van der Waals surface area (Å²) in [7, 11) is 1.74. The van der Waals surface area contributed by atoms with Crippen LogP contribution >= 0.6 is 0 Å². The lowest BCUT2D eigenvalue weighted by atomic mass is 9.96. The van der Waals surface area contributed by atoms with Gasteiger partial charge in [-0.1, -0.05) is 6.07 Å². The molecule has 1 aliphatic rings. The van der Waals surface area contributed by atoms with Crippen LogP contribution in [0.5, 0.6) is 0 Å². The summed E-state index contributed by atoms with van der Waals surface area (Å²) in [4.78, 5) is 30.5. The van der Waals surface area contributed by atoms with Crippen molar-refractivity contribution in [3.8, 4) is 0 Å². The standard InChI is InChI=1S/C18H22N4O2/c1-21-10-7-14(11-17(21)23)12-22-9-4-5-15(13-22)18(24)20-16-6-2-3-8-19-16/h2-3,6-8,10-11,15H,4-5,9,12-13H2,1H3,(H,19,20,24)/t15-/m1/s1. The molecule has 24 heavy (non-hydrogen) atoms. The van der Waals surface area contributed by atoms with Gasteiger partial charge in [-0.25, -0.2) is 4.98 Å². The number of carbonyl (C=O) groups excluding carboxylic acids is 1. The molecule has 1 atom stereocenters. The van der Waals surface area contributed by atoms with E-state index in [0.717, 1.165) is 24.9 Å². The summed E-state index contributed by atoms with van der Waals surface area (Å²) in [5, 5.41) is 2.88. The number of carbonyl (C=O) groups is 1. The fraction of sp³-hybridized carbons (Fsp3) is 0.389. The number of rotatable bonds is 4. The molecule has 0 aromatic carbocycles. The van der Waals surface area contributed by atoms with Crippen molar-refractivity contribution >= 4 is 11.7 Å². The van der Waals surface area contributed by atoms with Crippen molar-refractivity contribution in [2.24, 2.45) is 13.0 Å². The number of aromatic nitrogens is 2. The number of piperidine rings is 1. The van der Waals surface area contributed by atoms with E-state index in [4.69, 9.17) is 0 Å². The van der Waals surface area contributed by atoms with Crippen molar-refractivity contribution < 1.29 is 4.79 Å². The molecule has 0 saturated carbocycles. The fourth-order valence-electron chi connectivity index (χ4n) is 3.02. The molecule has 3 rings (SSSR count). The third-order valence-electron chi connectivity index (χ3n) is 4.37. The molecule has 2 aromatic heterocycles. The molecule has 6 nitrogen and oxygen atoms in total. The number of hydrogen-bond donors (Lipinski definition) is 1. The minimum absolute atomic E-state index is 0.00560. The second-order valence-electron chi connectivity index (χ2n) is 6.26. The molecule has 6 heteroatoms. The summed E-state index contributed by atoms with van der Waals surface area (Å²) < 4.78 is 1.56. The first-order valence-corrected chi connectivity index (χ1v) is 8.21. The van der Waals surface area contributed by atoms with E-state index in [2.05, 4.69) is 15.2 Å². The third kappa shape index (κ3) is 4.08. The van der Waals surface area contributed by atoms with Crippen LogP contribution in [0.15, 0.2) is 47.5 Å². The zero-order chi connectivity index (χ0) is 16.9. The molecular formula is C18H22N4O2. The van der Waals surface area contributed by atoms with Crippen molar-refractivity contribution in [2.45, 2.75) is 19.4 Å². The number of likely N-dealkylation sites (tertiary alicyclic amines) is 1. The molecule has 3 heterocycles. The van der Waals surface area contributed by atoms with Gasteiger partial charge in [-0.05, 0) is 43.1 Å². The summed E-state index contributed by atoms with van der Waals surface area (Å²) in [5.41, 5.74) is 0.984. The third-order valence-corrected chi connectivity index (χ3v) is 4.37. The van der Waals surface area contributed by atoms with Crippen LogP contribution in [0.1, 0.15) is 18.4 Å². The van der Waals surface area contributed by atoms with Crippen LogP contribution < -0.4 is 10.9 Å². The van der Waals surface area contributed by atoms with Gasteiger partial charge >= 0.3 is 0 Å². The Hall–Kier alpha value is -2.47. The van der Waals surface area contributed by atoms with Gasteiger partial charge in [0.1, 0.15) is 5.82 Å². The van der Waals surface area contributed by atoms with E-state index in [0.29, 0.717) is 18.9 Å². The van der Waals surface area contributed by atoms with Crippen LogP contribution in [-0.4, -0.2) is 33.4 Å². The maximum Gasteiger partial charge on any atom is 0.250 e. The van der Waals surface area contributed by atoms with Crippen molar-refractivity contribution in [1.29, 1.82) is 0 Å². The molecule has 0 aliphatic carbocycles. The second kappa shape index (κ2) is 7.40. The molecule has 1 saturated heterocycles. The monoisotopic (exact) mass is 326 g/mol. The summed E-state index contributed by atoms with van der Waals surface area (Å²) in [6.07, 6.45) is 5.31. The van der Waals surface area contributed by atoms with Gasteiger partial charge in [0.2, 0.25) is 5.91 Å². The Morgan fingerprint density at radius 1 is 1.38 bits per heavy atom. The maximum absolute atomic E-state index is 12.4. The number of aryl methyl sites for hydroxylation is 1. The second-order valence-corrected chi connectivity index (χ2v) is 6.26. The predicted octanol–water partition coefficient (Wildman–Crippen LogP) is 1.63. The quantitative estimate of drug-likeness (QED) is 0.927. The van der Waals surface area contributed by atoms with Gasteiger partial charge < -0.3 is 9.88 Å². The molecule has 2 aromatic rings. The number of hydrogen-bond acceptors (Lipinski definition) is 4. The fourth-order valence-corrected chi connectivity index (χ4v) is 3.02. The van der Waals surface area contributed by atoms with E-state index >= 15 is 0 Å². The molecule has 0 spiro atoms. The van der Waals surface area contributed by atoms with E-state index in [1.165, 1.54) is 0 Å². The van der Waals surface area contributed by atoms with Crippen molar-refractivity contribution in [3.63, 3.8) is 0 Å². The molecule has 0 radical (unpaired) electrons. The van der Waals surface area contributed by atoms with E-state index in [1.54, 1.807) is 36.1 Å². The molecule has 0 unspecified atom stereocenters. The van der Waals surface area contributed by atoms with E-state index in [-0.39, 0.29) is 17.4 Å². The zero-order valence-corrected chi connectivity index (χ0v) is 13.8. The topological polar surface area (TPSA) is 67.2 Å². The van der Waals surface area contributed by atoms with Crippen LogP contribution in [0, 0.1) is 5.92 Å². The first-order valence-electron chi connectivity index (χ1n) is 8.21. The number of nitrogens with zero attached hydrogens (tertiary/aromatic N) is 3. The lowest BCUT2D eigenvalue weighted by molar-refractivity contribution is -0.121. The smallest absolute Gasteiger partial charge is 0.250 e. The Morgan fingerprint density at radius 3 is 3.00 bits per heavy atom. The van der Waals surface area contributed by atoms with Gasteiger partial charge in [-0.15, -0.1) is 0 Å². The average Bonchev–Trinajstić information content (AvgIpc) is 2.59.